The molecule has 0 fully saturated rings. The summed E-state index contributed by atoms with van der Waals surface area (Å²) in [5.74, 6) is -0.657. The molecular weight excluding hydrogens is 388 g/mol. The Hall–Kier alpha value is -3.69. The fraction of sp³-hybridized carbons (Fsp3) is 0.0909. The van der Waals surface area contributed by atoms with Crippen LogP contribution < -0.4 is 10.6 Å². The second-order valence-electron chi connectivity index (χ2n) is 6.19. The van der Waals surface area contributed by atoms with E-state index in [0.29, 0.717) is 16.8 Å². The van der Waals surface area contributed by atoms with Crippen molar-refractivity contribution in [3.8, 4) is 6.07 Å². The van der Waals surface area contributed by atoms with Crippen LogP contribution in [0.3, 0.4) is 0 Å². The highest BCUT2D eigenvalue weighted by Crippen LogP contribution is 2.22. The van der Waals surface area contributed by atoms with Crippen molar-refractivity contribution in [2.45, 2.75) is 13.0 Å². The van der Waals surface area contributed by atoms with Gasteiger partial charge in [-0.1, -0.05) is 29.8 Å². The minimum Gasteiger partial charge on any atom is -0.346 e. The third kappa shape index (κ3) is 5.41. The van der Waals surface area contributed by atoms with Crippen LogP contribution in [0.4, 0.5) is 5.69 Å². The molecule has 0 saturated heterocycles. The van der Waals surface area contributed by atoms with Crippen LogP contribution in [0.2, 0.25) is 5.02 Å². The molecule has 2 aromatic carbocycles. The average Bonchev–Trinajstić information content (AvgIpc) is 2.73. The lowest BCUT2D eigenvalue weighted by atomic mass is 10.1. The van der Waals surface area contributed by atoms with Crippen molar-refractivity contribution in [1.82, 2.24) is 10.3 Å². The Kier molecular flexibility index (Phi) is 6.56. The lowest BCUT2D eigenvalue weighted by molar-refractivity contribution is 0.0950. The average molecular weight is 405 g/mol. The van der Waals surface area contributed by atoms with Crippen molar-refractivity contribution in [2.24, 2.45) is 0 Å². The number of anilines is 1. The number of pyridine rings is 1. The molecule has 3 rings (SSSR count). The fourth-order valence-corrected chi connectivity index (χ4v) is 2.93. The number of halogens is 1. The number of aromatic nitrogens is 1. The Morgan fingerprint density at radius 1 is 1.03 bits per heavy atom. The number of nitrogens with one attached hydrogen (secondary N) is 2. The van der Waals surface area contributed by atoms with Gasteiger partial charge in [0, 0.05) is 17.4 Å². The molecule has 6 nitrogen and oxygen atoms in total. The maximum Gasteiger partial charge on any atom is 0.255 e. The molecule has 0 aliphatic carbocycles. The van der Waals surface area contributed by atoms with Crippen molar-refractivity contribution < 1.29 is 9.59 Å². The summed E-state index contributed by atoms with van der Waals surface area (Å²) in [6.07, 6.45) is 1.89. The van der Waals surface area contributed by atoms with Crippen LogP contribution in [0.1, 0.15) is 32.0 Å². The van der Waals surface area contributed by atoms with Crippen molar-refractivity contribution >= 4 is 29.1 Å². The quantitative estimate of drug-likeness (QED) is 0.649. The van der Waals surface area contributed by atoms with Crippen molar-refractivity contribution in [3.63, 3.8) is 0 Å². The van der Waals surface area contributed by atoms with Crippen molar-refractivity contribution in [1.29, 1.82) is 5.26 Å². The number of carbonyl (C=O) groups excluding carboxylic acids is 2. The highest BCUT2D eigenvalue weighted by molar-refractivity contribution is 6.34. The molecule has 0 saturated carbocycles. The molecule has 0 aliphatic heterocycles. The van der Waals surface area contributed by atoms with E-state index >= 15 is 0 Å². The van der Waals surface area contributed by atoms with E-state index in [1.807, 2.05) is 12.1 Å². The second-order valence-corrected chi connectivity index (χ2v) is 6.59. The summed E-state index contributed by atoms with van der Waals surface area (Å²) < 4.78 is 0. The van der Waals surface area contributed by atoms with E-state index in [1.165, 1.54) is 6.07 Å². The Morgan fingerprint density at radius 2 is 1.90 bits per heavy atom. The highest BCUT2D eigenvalue weighted by atomic mass is 35.5. The lowest BCUT2D eigenvalue weighted by Crippen LogP contribution is -2.23. The van der Waals surface area contributed by atoms with Gasteiger partial charge in [0.15, 0.2) is 0 Å². The Labute approximate surface area is 173 Å². The van der Waals surface area contributed by atoms with Crippen LogP contribution in [0.15, 0.2) is 66.9 Å². The molecule has 3 aromatic rings. The Balaban J connectivity index is 1.66. The Morgan fingerprint density at radius 3 is 2.62 bits per heavy atom. The molecule has 29 heavy (non-hydrogen) atoms. The first-order chi connectivity index (χ1) is 14.1. The van der Waals surface area contributed by atoms with Crippen LogP contribution in [0, 0.1) is 11.3 Å². The van der Waals surface area contributed by atoms with Crippen LogP contribution in [-0.2, 0) is 13.0 Å². The monoisotopic (exact) mass is 404 g/mol. The minimum atomic E-state index is -0.331. The number of nitrogens with zero attached hydrogens (tertiary/aromatic N) is 2. The zero-order valence-electron chi connectivity index (χ0n) is 15.4. The standard InChI is InChI=1S/C22H17ClN4O2/c23-20-13-17(27-21(28)16-5-3-4-15(12-16)9-10-24)7-8-19(20)22(29)26-14-18-6-1-2-11-25-18/h1-8,11-13H,9,14H2,(H,26,29)(H,27,28). The van der Waals surface area contributed by atoms with Gasteiger partial charge in [0.25, 0.3) is 11.8 Å². The number of benzene rings is 2. The molecule has 1 aromatic heterocycles. The third-order valence-corrected chi connectivity index (χ3v) is 4.41. The molecule has 2 N–H and O–H groups in total. The summed E-state index contributed by atoms with van der Waals surface area (Å²) in [7, 11) is 0. The fourth-order valence-electron chi connectivity index (χ4n) is 2.66. The molecule has 0 atom stereocenters. The predicted octanol–water partition coefficient (Wildman–Crippen LogP) is 3.98. The molecule has 2 amide bonds. The maximum atomic E-state index is 12.4. The molecule has 1 heterocycles. The van der Waals surface area contributed by atoms with E-state index in [-0.39, 0.29) is 29.8 Å². The predicted molar refractivity (Wildman–Crippen MR) is 111 cm³/mol. The number of rotatable bonds is 6. The third-order valence-electron chi connectivity index (χ3n) is 4.10. The summed E-state index contributed by atoms with van der Waals surface area (Å²) in [6, 6.07) is 19.0. The van der Waals surface area contributed by atoms with Crippen LogP contribution in [-0.4, -0.2) is 16.8 Å². The summed E-state index contributed by atoms with van der Waals surface area (Å²) in [5.41, 5.74) is 2.70. The van der Waals surface area contributed by atoms with Crippen LogP contribution in [0.5, 0.6) is 0 Å². The van der Waals surface area contributed by atoms with Gasteiger partial charge in [-0.15, -0.1) is 0 Å². The highest BCUT2D eigenvalue weighted by Gasteiger charge is 2.13. The molecule has 0 spiro atoms. The molecule has 0 radical (unpaired) electrons. The zero-order chi connectivity index (χ0) is 20.6. The molecule has 144 valence electrons. The van der Waals surface area contributed by atoms with Crippen molar-refractivity contribution in [3.05, 3.63) is 94.3 Å². The molecular formula is C22H17ClN4O2. The number of amides is 2. The van der Waals surface area contributed by atoms with E-state index in [2.05, 4.69) is 21.7 Å². The van der Waals surface area contributed by atoms with Gasteiger partial charge in [0.2, 0.25) is 0 Å². The Bertz CT molecular complexity index is 1080. The molecule has 0 aliphatic rings. The normalized spacial score (nSPS) is 10.1. The van der Waals surface area contributed by atoms with E-state index in [4.69, 9.17) is 16.9 Å². The molecule has 0 unspecified atom stereocenters. The largest absolute Gasteiger partial charge is 0.346 e. The van der Waals surface area contributed by atoms with E-state index in [9.17, 15) is 9.59 Å². The molecule has 0 bridgehead atoms. The van der Waals surface area contributed by atoms with Crippen molar-refractivity contribution in [2.75, 3.05) is 5.32 Å². The van der Waals surface area contributed by atoms with E-state index < -0.39 is 0 Å². The van der Waals surface area contributed by atoms with Gasteiger partial charge in [-0.05, 0) is 48.0 Å². The number of hydrogen-bond donors (Lipinski definition) is 2. The lowest BCUT2D eigenvalue weighted by Gasteiger charge is -2.10. The van der Waals surface area contributed by atoms with Gasteiger partial charge in [-0.3, -0.25) is 14.6 Å². The summed E-state index contributed by atoms with van der Waals surface area (Å²) >= 11 is 6.24. The summed E-state index contributed by atoms with van der Waals surface area (Å²) in [5, 5.41) is 14.5. The zero-order valence-corrected chi connectivity index (χ0v) is 16.1. The minimum absolute atomic E-state index is 0.222. The van der Waals surface area contributed by atoms with Crippen LogP contribution >= 0.6 is 11.6 Å². The topological polar surface area (TPSA) is 94.9 Å². The number of carbonyl (C=O) groups is 2. The first-order valence-electron chi connectivity index (χ1n) is 8.81. The first kappa shape index (κ1) is 20.1. The second kappa shape index (κ2) is 9.49. The summed E-state index contributed by atoms with van der Waals surface area (Å²) in [6.45, 7) is 0.285. The maximum absolute atomic E-state index is 12.4. The van der Waals surface area contributed by atoms with Gasteiger partial charge in [0.05, 0.1) is 35.3 Å². The van der Waals surface area contributed by atoms with Gasteiger partial charge in [0.1, 0.15) is 0 Å². The van der Waals surface area contributed by atoms with Crippen LogP contribution in [0.25, 0.3) is 0 Å². The first-order valence-corrected chi connectivity index (χ1v) is 9.19. The van der Waals surface area contributed by atoms with E-state index in [0.717, 1.165) is 11.3 Å². The summed E-state index contributed by atoms with van der Waals surface area (Å²) in [4.78, 5) is 28.9. The number of hydrogen-bond acceptors (Lipinski definition) is 4. The number of nitriles is 1. The SMILES string of the molecule is N#CCc1cccc(C(=O)Nc2ccc(C(=O)NCc3ccccn3)c(Cl)c2)c1. The van der Waals surface area contributed by atoms with E-state index in [1.54, 1.807) is 48.7 Å². The van der Waals surface area contributed by atoms with Gasteiger partial charge in [-0.25, -0.2) is 0 Å². The van der Waals surface area contributed by atoms with Gasteiger partial charge >= 0.3 is 0 Å². The smallest absolute Gasteiger partial charge is 0.255 e. The van der Waals surface area contributed by atoms with Gasteiger partial charge < -0.3 is 10.6 Å². The molecule has 7 heteroatoms. The van der Waals surface area contributed by atoms with Gasteiger partial charge in [-0.2, -0.15) is 5.26 Å².